The van der Waals surface area contributed by atoms with Crippen molar-refractivity contribution in [1.82, 2.24) is 0 Å². The zero-order valence-corrected chi connectivity index (χ0v) is 10.1. The van der Waals surface area contributed by atoms with Crippen LogP contribution in [0.2, 0.25) is 0 Å². The van der Waals surface area contributed by atoms with E-state index in [4.69, 9.17) is 0 Å². The summed E-state index contributed by atoms with van der Waals surface area (Å²) in [5.41, 5.74) is 4.53. The van der Waals surface area contributed by atoms with Crippen LogP contribution in [0.4, 0.5) is 0 Å². The highest BCUT2D eigenvalue weighted by atomic mass is 127. The van der Waals surface area contributed by atoms with E-state index in [1.165, 1.54) is 14.7 Å². The molecular formula is C11H15I. The van der Waals surface area contributed by atoms with E-state index in [2.05, 4.69) is 55.5 Å². The Kier molecular flexibility index (Phi) is 3.56. The second-order valence-electron chi connectivity index (χ2n) is 3.03. The number of benzene rings is 1. The van der Waals surface area contributed by atoms with Gasteiger partial charge in [-0.15, -0.1) is 0 Å². The Bertz CT molecular complexity index is 248. The Labute approximate surface area is 88.5 Å². The van der Waals surface area contributed by atoms with Crippen molar-refractivity contribution < 1.29 is 0 Å². The molecular weight excluding hydrogens is 259 g/mol. The van der Waals surface area contributed by atoms with E-state index in [0.717, 1.165) is 12.8 Å². The molecule has 0 aliphatic heterocycles. The van der Waals surface area contributed by atoms with E-state index in [1.807, 2.05) is 0 Å². The lowest BCUT2D eigenvalue weighted by atomic mass is 9.98. The van der Waals surface area contributed by atoms with Gasteiger partial charge in [-0.2, -0.15) is 0 Å². The second kappa shape index (κ2) is 4.26. The molecule has 0 N–H and O–H groups in total. The largest absolute Gasteiger partial charge is 0.0613 e. The van der Waals surface area contributed by atoms with Gasteiger partial charge in [0.05, 0.1) is 0 Å². The first-order valence-electron chi connectivity index (χ1n) is 4.47. The molecule has 0 nitrogen and oxygen atoms in total. The molecule has 0 spiro atoms. The van der Waals surface area contributed by atoms with Crippen LogP contribution >= 0.6 is 22.6 Å². The molecule has 1 rings (SSSR count). The van der Waals surface area contributed by atoms with Crippen molar-refractivity contribution in [2.24, 2.45) is 0 Å². The van der Waals surface area contributed by atoms with Crippen LogP contribution in [-0.4, -0.2) is 0 Å². The van der Waals surface area contributed by atoms with Crippen LogP contribution in [0.1, 0.15) is 30.5 Å². The van der Waals surface area contributed by atoms with Crippen LogP contribution in [0, 0.1) is 10.5 Å². The van der Waals surface area contributed by atoms with Gasteiger partial charge in [-0.05, 0) is 65.1 Å². The first-order valence-corrected chi connectivity index (χ1v) is 5.55. The van der Waals surface area contributed by atoms with Gasteiger partial charge in [0.25, 0.3) is 0 Å². The minimum absolute atomic E-state index is 1.16. The number of rotatable bonds is 2. The summed E-state index contributed by atoms with van der Waals surface area (Å²) in [4.78, 5) is 0. The van der Waals surface area contributed by atoms with Gasteiger partial charge in [-0.25, -0.2) is 0 Å². The summed E-state index contributed by atoms with van der Waals surface area (Å²) < 4.78 is 1.41. The molecule has 0 atom stereocenters. The molecule has 0 aliphatic carbocycles. The maximum Gasteiger partial charge on any atom is 0.0165 e. The highest BCUT2D eigenvalue weighted by molar-refractivity contribution is 14.1. The zero-order chi connectivity index (χ0) is 9.14. The molecule has 0 saturated heterocycles. The maximum absolute atomic E-state index is 2.43. The van der Waals surface area contributed by atoms with Crippen LogP contribution in [0.3, 0.4) is 0 Å². The van der Waals surface area contributed by atoms with Crippen LogP contribution in [0.15, 0.2) is 12.1 Å². The Morgan fingerprint density at radius 3 is 2.08 bits per heavy atom. The topological polar surface area (TPSA) is 0 Å². The lowest BCUT2D eigenvalue weighted by molar-refractivity contribution is 1.01. The molecule has 0 saturated carbocycles. The van der Waals surface area contributed by atoms with Crippen molar-refractivity contribution >= 4 is 22.6 Å². The third-order valence-electron chi connectivity index (χ3n) is 2.32. The average molecular weight is 274 g/mol. The van der Waals surface area contributed by atoms with E-state index in [1.54, 1.807) is 5.56 Å². The van der Waals surface area contributed by atoms with Crippen LogP contribution < -0.4 is 0 Å². The number of hydrogen-bond acceptors (Lipinski definition) is 0. The summed E-state index contributed by atoms with van der Waals surface area (Å²) in [6.07, 6.45) is 2.31. The molecule has 1 aromatic carbocycles. The Hall–Kier alpha value is -0.0500. The number of aryl methyl sites for hydroxylation is 1. The van der Waals surface area contributed by atoms with Crippen molar-refractivity contribution in [3.8, 4) is 0 Å². The molecule has 0 fully saturated rings. The van der Waals surface area contributed by atoms with E-state index >= 15 is 0 Å². The molecule has 0 aliphatic rings. The fraction of sp³-hybridized carbons (Fsp3) is 0.455. The Morgan fingerprint density at radius 1 is 1.08 bits per heavy atom. The van der Waals surface area contributed by atoms with Gasteiger partial charge in [-0.3, -0.25) is 0 Å². The lowest BCUT2D eigenvalue weighted by Crippen LogP contribution is -1.97. The molecule has 66 valence electrons. The fourth-order valence-corrected chi connectivity index (χ4v) is 2.54. The lowest BCUT2D eigenvalue weighted by Gasteiger charge is -2.11. The zero-order valence-electron chi connectivity index (χ0n) is 7.95. The molecule has 0 unspecified atom stereocenters. The van der Waals surface area contributed by atoms with Gasteiger partial charge < -0.3 is 0 Å². The van der Waals surface area contributed by atoms with Gasteiger partial charge in [0.15, 0.2) is 0 Å². The van der Waals surface area contributed by atoms with Crippen molar-refractivity contribution in [2.45, 2.75) is 33.6 Å². The van der Waals surface area contributed by atoms with E-state index < -0.39 is 0 Å². The summed E-state index contributed by atoms with van der Waals surface area (Å²) in [5.74, 6) is 0. The second-order valence-corrected chi connectivity index (χ2v) is 4.19. The van der Waals surface area contributed by atoms with Crippen molar-refractivity contribution in [3.05, 3.63) is 32.4 Å². The minimum Gasteiger partial charge on any atom is -0.0613 e. The quantitative estimate of drug-likeness (QED) is 0.721. The van der Waals surface area contributed by atoms with E-state index in [-0.39, 0.29) is 0 Å². The van der Waals surface area contributed by atoms with Crippen LogP contribution in [0.25, 0.3) is 0 Å². The first-order chi connectivity index (χ1) is 5.70. The molecule has 0 radical (unpaired) electrons. The Balaban J connectivity index is 3.28. The smallest absolute Gasteiger partial charge is 0.0165 e. The summed E-state index contributed by atoms with van der Waals surface area (Å²) in [6.45, 7) is 6.67. The van der Waals surface area contributed by atoms with Gasteiger partial charge >= 0.3 is 0 Å². The average Bonchev–Trinajstić information content (AvgIpc) is 2.08. The van der Waals surface area contributed by atoms with Crippen LogP contribution in [0.5, 0.6) is 0 Å². The standard InChI is InChI=1S/C11H15I/c1-4-9-8(3)6-7-11(12)10(9)5-2/h6-7H,4-5H2,1-3H3. The maximum atomic E-state index is 2.43. The fourth-order valence-electron chi connectivity index (χ4n) is 1.66. The van der Waals surface area contributed by atoms with E-state index in [0.29, 0.717) is 0 Å². The summed E-state index contributed by atoms with van der Waals surface area (Å²) in [5, 5.41) is 0. The third kappa shape index (κ3) is 1.82. The predicted octanol–water partition coefficient (Wildman–Crippen LogP) is 3.72. The third-order valence-corrected chi connectivity index (χ3v) is 3.33. The summed E-state index contributed by atoms with van der Waals surface area (Å²) in [7, 11) is 0. The van der Waals surface area contributed by atoms with Gasteiger partial charge in [0.1, 0.15) is 0 Å². The van der Waals surface area contributed by atoms with Crippen molar-refractivity contribution in [1.29, 1.82) is 0 Å². The molecule has 0 bridgehead atoms. The number of hydrogen-bond donors (Lipinski definition) is 0. The molecule has 0 aromatic heterocycles. The summed E-state index contributed by atoms with van der Waals surface area (Å²) in [6, 6.07) is 4.44. The highest BCUT2D eigenvalue weighted by Crippen LogP contribution is 2.21. The minimum atomic E-state index is 1.16. The molecule has 1 heteroatoms. The van der Waals surface area contributed by atoms with Gasteiger partial charge in [-0.1, -0.05) is 19.9 Å². The molecule has 12 heavy (non-hydrogen) atoms. The molecule has 0 heterocycles. The SMILES string of the molecule is CCc1c(C)ccc(I)c1CC. The first kappa shape index (κ1) is 10.0. The van der Waals surface area contributed by atoms with Gasteiger partial charge in [0.2, 0.25) is 0 Å². The Morgan fingerprint density at radius 2 is 1.67 bits per heavy atom. The van der Waals surface area contributed by atoms with Gasteiger partial charge in [0, 0.05) is 3.57 Å². The van der Waals surface area contributed by atoms with Crippen LogP contribution in [-0.2, 0) is 12.8 Å². The highest BCUT2D eigenvalue weighted by Gasteiger charge is 2.05. The predicted molar refractivity (Wildman–Crippen MR) is 62.7 cm³/mol. The number of halogens is 1. The summed E-state index contributed by atoms with van der Waals surface area (Å²) >= 11 is 2.43. The molecule has 0 amide bonds. The van der Waals surface area contributed by atoms with Crippen molar-refractivity contribution in [3.63, 3.8) is 0 Å². The molecule has 1 aromatic rings. The van der Waals surface area contributed by atoms with Crippen molar-refractivity contribution in [2.75, 3.05) is 0 Å². The normalized spacial score (nSPS) is 10.3. The van der Waals surface area contributed by atoms with E-state index in [9.17, 15) is 0 Å². The monoisotopic (exact) mass is 274 g/mol.